The van der Waals surface area contributed by atoms with E-state index in [4.69, 9.17) is 6.42 Å². The van der Waals surface area contributed by atoms with Crippen LogP contribution in [-0.4, -0.2) is 18.0 Å². The van der Waals surface area contributed by atoms with E-state index in [1.54, 1.807) is 0 Å². The molecule has 1 heteroatoms. The molecule has 0 unspecified atom stereocenters. The summed E-state index contributed by atoms with van der Waals surface area (Å²) in [4.78, 5) is 2.41. The van der Waals surface area contributed by atoms with Crippen molar-refractivity contribution in [2.24, 2.45) is 0 Å². The fourth-order valence-corrected chi connectivity index (χ4v) is 1.86. The minimum absolute atomic E-state index is 0.806. The SMILES string of the molecule is C#Cc1cc(CN(C)C2CC2)ccc1C. The Labute approximate surface area is 92.1 Å². The molecule has 0 heterocycles. The Balaban J connectivity index is 2.11. The molecule has 1 aromatic rings. The molecule has 0 N–H and O–H groups in total. The number of rotatable bonds is 3. The van der Waals surface area contributed by atoms with Crippen molar-refractivity contribution in [2.45, 2.75) is 32.4 Å². The molecular formula is C14H17N. The molecule has 1 aliphatic rings. The summed E-state index contributed by atoms with van der Waals surface area (Å²) in [6.45, 7) is 3.07. The van der Waals surface area contributed by atoms with Gasteiger partial charge < -0.3 is 0 Å². The van der Waals surface area contributed by atoms with E-state index in [0.29, 0.717) is 0 Å². The third-order valence-corrected chi connectivity index (χ3v) is 3.06. The molecule has 0 amide bonds. The Bertz CT molecular complexity index is 396. The summed E-state index contributed by atoms with van der Waals surface area (Å²) in [5.74, 6) is 2.74. The molecule has 0 spiro atoms. The highest BCUT2D eigenvalue weighted by molar-refractivity contribution is 5.41. The van der Waals surface area contributed by atoms with Crippen LogP contribution in [0.1, 0.15) is 29.5 Å². The largest absolute Gasteiger partial charge is 0.299 e. The first-order chi connectivity index (χ1) is 7.20. The highest BCUT2D eigenvalue weighted by Gasteiger charge is 2.25. The van der Waals surface area contributed by atoms with Crippen molar-refractivity contribution in [1.82, 2.24) is 4.90 Å². The van der Waals surface area contributed by atoms with Crippen LogP contribution in [0.3, 0.4) is 0 Å². The number of benzene rings is 1. The second kappa shape index (κ2) is 4.08. The van der Waals surface area contributed by atoms with Gasteiger partial charge in [-0.1, -0.05) is 18.1 Å². The van der Waals surface area contributed by atoms with Crippen molar-refractivity contribution in [3.05, 3.63) is 34.9 Å². The molecule has 1 nitrogen and oxygen atoms in total. The van der Waals surface area contributed by atoms with Crippen LogP contribution in [-0.2, 0) is 6.54 Å². The zero-order valence-corrected chi connectivity index (χ0v) is 9.46. The molecule has 78 valence electrons. The molecule has 0 aromatic heterocycles. The Hall–Kier alpha value is -1.26. The molecule has 15 heavy (non-hydrogen) atoms. The Morgan fingerprint density at radius 1 is 1.47 bits per heavy atom. The van der Waals surface area contributed by atoms with Crippen molar-refractivity contribution in [3.63, 3.8) is 0 Å². The van der Waals surface area contributed by atoms with E-state index in [2.05, 4.69) is 43.0 Å². The molecule has 0 saturated heterocycles. The standard InChI is InChI=1S/C14H17N/c1-4-13-9-12(6-5-11(13)2)10-15(3)14-7-8-14/h1,5-6,9,14H,7-8,10H2,2-3H3. The third-order valence-electron chi connectivity index (χ3n) is 3.06. The lowest BCUT2D eigenvalue weighted by molar-refractivity contribution is 0.316. The van der Waals surface area contributed by atoms with Gasteiger partial charge in [0.05, 0.1) is 0 Å². The smallest absolute Gasteiger partial charge is 0.0275 e. The van der Waals surface area contributed by atoms with Crippen LogP contribution in [0.2, 0.25) is 0 Å². The number of hydrogen-bond donors (Lipinski definition) is 0. The topological polar surface area (TPSA) is 3.24 Å². The minimum atomic E-state index is 0.806. The predicted molar refractivity (Wildman–Crippen MR) is 63.6 cm³/mol. The summed E-state index contributed by atoms with van der Waals surface area (Å²) >= 11 is 0. The van der Waals surface area contributed by atoms with Gasteiger partial charge in [-0.3, -0.25) is 4.90 Å². The quantitative estimate of drug-likeness (QED) is 0.676. The van der Waals surface area contributed by atoms with Crippen molar-refractivity contribution >= 4 is 0 Å². The predicted octanol–water partition coefficient (Wildman–Crippen LogP) is 2.57. The van der Waals surface area contributed by atoms with Crippen molar-refractivity contribution < 1.29 is 0 Å². The highest BCUT2D eigenvalue weighted by atomic mass is 15.1. The molecule has 0 atom stereocenters. The second-order valence-corrected chi connectivity index (χ2v) is 4.44. The molecule has 0 bridgehead atoms. The summed E-state index contributed by atoms with van der Waals surface area (Å²) in [5, 5.41) is 0. The van der Waals surface area contributed by atoms with Crippen LogP contribution in [0, 0.1) is 19.3 Å². The first kappa shape index (κ1) is 10.3. The van der Waals surface area contributed by atoms with Crippen LogP contribution in [0.4, 0.5) is 0 Å². The molecular weight excluding hydrogens is 182 g/mol. The lowest BCUT2D eigenvalue weighted by Gasteiger charge is -2.16. The number of hydrogen-bond acceptors (Lipinski definition) is 1. The van der Waals surface area contributed by atoms with Gasteiger partial charge >= 0.3 is 0 Å². The first-order valence-corrected chi connectivity index (χ1v) is 5.47. The summed E-state index contributed by atoms with van der Waals surface area (Å²) in [6, 6.07) is 7.23. The van der Waals surface area contributed by atoms with E-state index in [9.17, 15) is 0 Å². The van der Waals surface area contributed by atoms with E-state index in [1.807, 2.05) is 0 Å². The van der Waals surface area contributed by atoms with Gasteiger partial charge in [0.2, 0.25) is 0 Å². The highest BCUT2D eigenvalue weighted by Crippen LogP contribution is 2.26. The third kappa shape index (κ3) is 2.40. The first-order valence-electron chi connectivity index (χ1n) is 5.47. The Morgan fingerprint density at radius 2 is 2.20 bits per heavy atom. The van der Waals surface area contributed by atoms with Gasteiger partial charge in [0, 0.05) is 18.2 Å². The zero-order chi connectivity index (χ0) is 10.8. The maximum atomic E-state index is 5.46. The van der Waals surface area contributed by atoms with Gasteiger partial charge in [-0.25, -0.2) is 0 Å². The average Bonchev–Trinajstić information content (AvgIpc) is 3.04. The normalized spacial score (nSPS) is 15.3. The molecule has 1 aliphatic carbocycles. The summed E-state index contributed by atoms with van der Waals surface area (Å²) in [6.07, 6.45) is 8.16. The average molecular weight is 199 g/mol. The molecule has 0 aliphatic heterocycles. The van der Waals surface area contributed by atoms with E-state index in [1.165, 1.54) is 24.0 Å². The Morgan fingerprint density at radius 3 is 2.80 bits per heavy atom. The lowest BCUT2D eigenvalue weighted by Crippen LogP contribution is -2.19. The fraction of sp³-hybridized carbons (Fsp3) is 0.429. The maximum absolute atomic E-state index is 5.46. The van der Waals surface area contributed by atoms with Gasteiger partial charge in [-0.15, -0.1) is 6.42 Å². The molecule has 2 rings (SSSR count). The molecule has 1 aromatic carbocycles. The summed E-state index contributed by atoms with van der Waals surface area (Å²) in [7, 11) is 2.19. The summed E-state index contributed by atoms with van der Waals surface area (Å²) in [5.41, 5.74) is 3.54. The van der Waals surface area contributed by atoms with Gasteiger partial charge in [0.25, 0.3) is 0 Å². The Kier molecular flexibility index (Phi) is 2.79. The second-order valence-electron chi connectivity index (χ2n) is 4.44. The lowest BCUT2D eigenvalue weighted by atomic mass is 10.1. The maximum Gasteiger partial charge on any atom is 0.0275 e. The molecule has 0 radical (unpaired) electrons. The van der Waals surface area contributed by atoms with Gasteiger partial charge in [-0.05, 0) is 44.0 Å². The van der Waals surface area contributed by atoms with Crippen LogP contribution >= 0.6 is 0 Å². The van der Waals surface area contributed by atoms with Crippen molar-refractivity contribution in [2.75, 3.05) is 7.05 Å². The monoisotopic (exact) mass is 199 g/mol. The van der Waals surface area contributed by atoms with Crippen LogP contribution < -0.4 is 0 Å². The number of terminal acetylenes is 1. The minimum Gasteiger partial charge on any atom is -0.299 e. The van der Waals surface area contributed by atoms with Crippen molar-refractivity contribution in [3.8, 4) is 12.3 Å². The van der Waals surface area contributed by atoms with Gasteiger partial charge in [0.15, 0.2) is 0 Å². The summed E-state index contributed by atoms with van der Waals surface area (Å²) < 4.78 is 0. The zero-order valence-electron chi connectivity index (χ0n) is 9.46. The molecule has 1 saturated carbocycles. The van der Waals surface area contributed by atoms with Crippen LogP contribution in [0.15, 0.2) is 18.2 Å². The van der Waals surface area contributed by atoms with Crippen molar-refractivity contribution in [1.29, 1.82) is 0 Å². The van der Waals surface area contributed by atoms with Crippen LogP contribution in [0.25, 0.3) is 0 Å². The van der Waals surface area contributed by atoms with E-state index < -0.39 is 0 Å². The van der Waals surface area contributed by atoms with Gasteiger partial charge in [-0.2, -0.15) is 0 Å². The van der Waals surface area contributed by atoms with Crippen LogP contribution in [0.5, 0.6) is 0 Å². The fourth-order valence-electron chi connectivity index (χ4n) is 1.86. The number of aryl methyl sites for hydroxylation is 1. The number of nitrogens with zero attached hydrogens (tertiary/aromatic N) is 1. The molecule has 1 fully saturated rings. The van der Waals surface area contributed by atoms with Gasteiger partial charge in [0.1, 0.15) is 0 Å². The van der Waals surface area contributed by atoms with E-state index >= 15 is 0 Å². The van der Waals surface area contributed by atoms with E-state index in [-0.39, 0.29) is 0 Å². The van der Waals surface area contributed by atoms with E-state index in [0.717, 1.165) is 18.2 Å².